The average Bonchev–Trinajstić information content (AvgIpc) is 2.73. The predicted molar refractivity (Wildman–Crippen MR) is 78.6 cm³/mol. The van der Waals surface area contributed by atoms with Gasteiger partial charge in [0.2, 0.25) is 0 Å². The first kappa shape index (κ1) is 12.5. The van der Waals surface area contributed by atoms with Crippen molar-refractivity contribution in [2.45, 2.75) is 51.0 Å². The van der Waals surface area contributed by atoms with E-state index in [9.17, 15) is 0 Å². The molecule has 104 valence electrons. The smallest absolute Gasteiger partial charge is 0.169 e. The second kappa shape index (κ2) is 4.36. The van der Waals surface area contributed by atoms with Crippen LogP contribution in [0.25, 0.3) is 0 Å². The Morgan fingerprint density at radius 3 is 2.21 bits per heavy atom. The Morgan fingerprint density at radius 2 is 1.74 bits per heavy atom. The van der Waals surface area contributed by atoms with E-state index in [2.05, 4.69) is 15.9 Å². The molecule has 0 aromatic carbocycles. The molecule has 4 fully saturated rings. The third-order valence-corrected chi connectivity index (χ3v) is 6.20. The third kappa shape index (κ3) is 2.19. The zero-order valence-electron chi connectivity index (χ0n) is 11.3. The van der Waals surface area contributed by atoms with E-state index < -0.39 is 0 Å². The summed E-state index contributed by atoms with van der Waals surface area (Å²) in [5, 5.41) is 0. The highest BCUT2D eigenvalue weighted by atomic mass is 79.9. The zero-order valence-corrected chi connectivity index (χ0v) is 12.9. The molecule has 0 aliphatic heterocycles. The van der Waals surface area contributed by atoms with Crippen molar-refractivity contribution in [3.63, 3.8) is 0 Å². The molecule has 2 nitrogen and oxygen atoms in total. The second-order valence-corrected chi connectivity index (χ2v) is 8.15. The van der Waals surface area contributed by atoms with Gasteiger partial charge < -0.3 is 10.2 Å². The maximum atomic E-state index is 6.42. The second-order valence-electron chi connectivity index (χ2n) is 7.37. The van der Waals surface area contributed by atoms with Gasteiger partial charge in [-0.25, -0.2) is 0 Å². The maximum Gasteiger partial charge on any atom is 0.169 e. The van der Waals surface area contributed by atoms with Gasteiger partial charge in [0.25, 0.3) is 0 Å². The Bertz CT molecular complexity index is 446. The first-order valence-electron chi connectivity index (χ1n) is 7.63. The minimum atomic E-state index is 0.0718. The molecule has 1 heterocycles. The van der Waals surface area contributed by atoms with Gasteiger partial charge in [-0.3, -0.25) is 0 Å². The zero-order chi connectivity index (χ0) is 13.0. The molecule has 4 aliphatic rings. The summed E-state index contributed by atoms with van der Waals surface area (Å²) in [6.07, 6.45) is 9.90. The molecule has 19 heavy (non-hydrogen) atoms. The summed E-state index contributed by atoms with van der Waals surface area (Å²) in [7, 11) is 0. The van der Waals surface area contributed by atoms with Gasteiger partial charge in [-0.05, 0) is 96.2 Å². The molecule has 4 saturated carbocycles. The summed E-state index contributed by atoms with van der Waals surface area (Å²) >= 11 is 3.37. The number of furan rings is 1. The molecule has 0 saturated heterocycles. The number of halogens is 1. The largest absolute Gasteiger partial charge is 0.453 e. The number of hydrogen-bond acceptors (Lipinski definition) is 2. The molecule has 4 bridgehead atoms. The molecular formula is C16H22BrNO. The van der Waals surface area contributed by atoms with Crippen LogP contribution in [0.2, 0.25) is 0 Å². The van der Waals surface area contributed by atoms with E-state index in [1.807, 2.05) is 12.1 Å². The monoisotopic (exact) mass is 323 g/mol. The topological polar surface area (TPSA) is 39.2 Å². The van der Waals surface area contributed by atoms with Crippen molar-refractivity contribution in [1.29, 1.82) is 0 Å². The van der Waals surface area contributed by atoms with E-state index in [1.54, 1.807) is 0 Å². The highest BCUT2D eigenvalue weighted by Gasteiger charge is 2.51. The molecule has 1 unspecified atom stereocenters. The van der Waals surface area contributed by atoms with Crippen molar-refractivity contribution in [2.75, 3.05) is 0 Å². The minimum absolute atomic E-state index is 0.0718. The van der Waals surface area contributed by atoms with Crippen molar-refractivity contribution in [2.24, 2.45) is 28.9 Å². The Hall–Kier alpha value is -0.280. The fourth-order valence-electron chi connectivity index (χ4n) is 5.63. The fourth-order valence-corrected chi connectivity index (χ4v) is 5.95. The standard InChI is InChI=1S/C16H22BrNO/c17-15-2-1-14(19-15)13(18)9-16-6-10-3-11(7-16)5-12(4-10)8-16/h1-2,10-13H,3-9,18H2. The lowest BCUT2D eigenvalue weighted by Gasteiger charge is -2.57. The van der Waals surface area contributed by atoms with E-state index >= 15 is 0 Å². The predicted octanol–water partition coefficient (Wildman–Crippen LogP) is 4.65. The lowest BCUT2D eigenvalue weighted by Crippen LogP contribution is -2.47. The normalized spacial score (nSPS) is 41.7. The van der Waals surface area contributed by atoms with Crippen LogP contribution in [0.1, 0.15) is 56.7 Å². The molecular weight excluding hydrogens is 302 g/mol. The van der Waals surface area contributed by atoms with Crippen molar-refractivity contribution in [3.05, 3.63) is 22.6 Å². The summed E-state index contributed by atoms with van der Waals surface area (Å²) in [4.78, 5) is 0. The number of nitrogens with two attached hydrogens (primary N) is 1. The number of rotatable bonds is 3. The SMILES string of the molecule is NC(CC12CC3CC(CC(C3)C1)C2)c1ccc(Br)o1. The molecule has 5 rings (SSSR count). The van der Waals surface area contributed by atoms with Crippen LogP contribution >= 0.6 is 15.9 Å². The molecule has 3 heteroatoms. The average molecular weight is 324 g/mol. The van der Waals surface area contributed by atoms with Crippen LogP contribution < -0.4 is 5.73 Å². The lowest BCUT2D eigenvalue weighted by molar-refractivity contribution is -0.0613. The summed E-state index contributed by atoms with van der Waals surface area (Å²) in [6, 6.07) is 4.05. The molecule has 2 N–H and O–H groups in total. The van der Waals surface area contributed by atoms with E-state index in [0.29, 0.717) is 5.41 Å². The van der Waals surface area contributed by atoms with Gasteiger partial charge in [0.05, 0.1) is 6.04 Å². The summed E-state index contributed by atoms with van der Waals surface area (Å²) in [5.74, 6) is 3.95. The summed E-state index contributed by atoms with van der Waals surface area (Å²) < 4.78 is 6.45. The van der Waals surface area contributed by atoms with Gasteiger partial charge in [-0.15, -0.1) is 0 Å². The highest BCUT2D eigenvalue weighted by molar-refractivity contribution is 9.10. The van der Waals surface area contributed by atoms with Crippen LogP contribution in [0.4, 0.5) is 0 Å². The highest BCUT2D eigenvalue weighted by Crippen LogP contribution is 2.62. The first-order chi connectivity index (χ1) is 9.12. The van der Waals surface area contributed by atoms with E-state index in [4.69, 9.17) is 10.2 Å². The third-order valence-electron chi connectivity index (χ3n) is 5.78. The lowest BCUT2D eigenvalue weighted by atomic mass is 9.48. The van der Waals surface area contributed by atoms with Crippen LogP contribution in [-0.2, 0) is 0 Å². The van der Waals surface area contributed by atoms with Gasteiger partial charge >= 0.3 is 0 Å². The minimum Gasteiger partial charge on any atom is -0.453 e. The van der Waals surface area contributed by atoms with Crippen LogP contribution in [0.3, 0.4) is 0 Å². The molecule has 0 radical (unpaired) electrons. The Labute approximate surface area is 123 Å². The molecule has 0 spiro atoms. The quantitative estimate of drug-likeness (QED) is 0.879. The molecule has 0 amide bonds. The summed E-state index contributed by atoms with van der Waals surface area (Å²) in [5.41, 5.74) is 6.95. The van der Waals surface area contributed by atoms with Gasteiger partial charge in [-0.2, -0.15) is 0 Å². The molecule has 1 aromatic heterocycles. The molecule has 1 atom stereocenters. The fraction of sp³-hybridized carbons (Fsp3) is 0.750. The number of hydrogen-bond donors (Lipinski definition) is 1. The van der Waals surface area contributed by atoms with Gasteiger partial charge in [-0.1, -0.05) is 0 Å². The van der Waals surface area contributed by atoms with Crippen LogP contribution in [-0.4, -0.2) is 0 Å². The van der Waals surface area contributed by atoms with Crippen LogP contribution in [0, 0.1) is 23.2 Å². The summed E-state index contributed by atoms with van der Waals surface area (Å²) in [6.45, 7) is 0. The van der Waals surface area contributed by atoms with Crippen LogP contribution in [0.15, 0.2) is 21.2 Å². The van der Waals surface area contributed by atoms with E-state index in [1.165, 1.54) is 38.5 Å². The van der Waals surface area contributed by atoms with Crippen molar-refractivity contribution >= 4 is 15.9 Å². The van der Waals surface area contributed by atoms with Crippen molar-refractivity contribution < 1.29 is 4.42 Å². The first-order valence-corrected chi connectivity index (χ1v) is 8.42. The Kier molecular flexibility index (Phi) is 2.86. The van der Waals surface area contributed by atoms with Crippen molar-refractivity contribution in [3.8, 4) is 0 Å². The Balaban J connectivity index is 1.53. The van der Waals surface area contributed by atoms with Gasteiger partial charge in [0.1, 0.15) is 5.76 Å². The molecule has 4 aliphatic carbocycles. The molecule has 1 aromatic rings. The maximum absolute atomic E-state index is 6.42. The Morgan fingerprint density at radius 1 is 1.16 bits per heavy atom. The van der Waals surface area contributed by atoms with Crippen LogP contribution in [0.5, 0.6) is 0 Å². The van der Waals surface area contributed by atoms with E-state index in [-0.39, 0.29) is 6.04 Å². The van der Waals surface area contributed by atoms with Crippen molar-refractivity contribution in [1.82, 2.24) is 0 Å². The van der Waals surface area contributed by atoms with E-state index in [0.717, 1.165) is 34.6 Å². The van der Waals surface area contributed by atoms with Gasteiger partial charge in [0.15, 0.2) is 4.67 Å². The van der Waals surface area contributed by atoms with Gasteiger partial charge in [0, 0.05) is 0 Å².